The number of halogens is 1. The first kappa shape index (κ1) is 17.9. The number of hydrogen-bond donors (Lipinski definition) is 1. The highest BCUT2D eigenvalue weighted by Crippen LogP contribution is 2.21. The predicted octanol–water partition coefficient (Wildman–Crippen LogP) is 3.99. The van der Waals surface area contributed by atoms with Crippen molar-refractivity contribution in [2.24, 2.45) is 0 Å². The van der Waals surface area contributed by atoms with Gasteiger partial charge in [0.25, 0.3) is 5.91 Å². The second kappa shape index (κ2) is 8.43. The molecule has 1 aliphatic heterocycles. The summed E-state index contributed by atoms with van der Waals surface area (Å²) < 4.78 is 13.6. The van der Waals surface area contributed by atoms with Crippen LogP contribution in [0.1, 0.15) is 48.0 Å². The molecule has 1 N–H and O–H groups in total. The minimum Gasteiger partial charge on any atom is -0.352 e. The van der Waals surface area contributed by atoms with Crippen molar-refractivity contribution >= 4 is 5.91 Å². The normalized spacial score (nSPS) is 21.0. The van der Waals surface area contributed by atoms with Crippen LogP contribution >= 0.6 is 0 Å². The Balaban J connectivity index is 1.47. The molecule has 1 atom stereocenters. The van der Waals surface area contributed by atoms with E-state index in [2.05, 4.69) is 28.4 Å². The number of allylic oxidation sites excluding steroid dienone is 1. The third-order valence-electron chi connectivity index (χ3n) is 5.12. The predicted molar refractivity (Wildman–Crippen MR) is 99.1 cm³/mol. The van der Waals surface area contributed by atoms with Crippen LogP contribution in [-0.4, -0.2) is 36.5 Å². The maximum atomic E-state index is 13.6. The van der Waals surface area contributed by atoms with Crippen LogP contribution in [0.4, 0.5) is 4.39 Å². The lowest BCUT2D eigenvalue weighted by Gasteiger charge is -2.34. The van der Waals surface area contributed by atoms with E-state index in [4.69, 9.17) is 0 Å². The molecule has 1 aliphatic carbocycles. The van der Waals surface area contributed by atoms with Gasteiger partial charge in [-0.05, 0) is 56.7 Å². The summed E-state index contributed by atoms with van der Waals surface area (Å²) in [5.41, 5.74) is 2.33. The summed E-state index contributed by atoms with van der Waals surface area (Å²) >= 11 is 0. The number of nitrogens with one attached hydrogen (secondary N) is 1. The molecule has 25 heavy (non-hydrogen) atoms. The lowest BCUT2D eigenvalue weighted by Crippen LogP contribution is -2.39. The van der Waals surface area contributed by atoms with Crippen molar-refractivity contribution in [2.45, 2.75) is 45.1 Å². The first-order chi connectivity index (χ1) is 12.1. The molecule has 4 heteroatoms. The molecule has 0 radical (unpaired) electrons. The first-order valence-corrected chi connectivity index (χ1v) is 9.26. The molecule has 0 aromatic heterocycles. The molecule has 1 amide bonds. The molecule has 2 aliphatic rings. The average molecular weight is 342 g/mol. The molecule has 0 saturated heterocycles. The number of aryl methyl sites for hydroxylation is 1. The molecule has 3 rings (SSSR count). The minimum atomic E-state index is -0.334. The smallest absolute Gasteiger partial charge is 0.251 e. The van der Waals surface area contributed by atoms with E-state index in [1.165, 1.54) is 30.9 Å². The van der Waals surface area contributed by atoms with Gasteiger partial charge in [-0.3, -0.25) is 9.69 Å². The van der Waals surface area contributed by atoms with Crippen molar-refractivity contribution in [1.82, 2.24) is 10.2 Å². The SMILES string of the molecule is Cc1ccc(C(=O)NCCC2=CCCN([C@@H]3C=CCCC3)C2)cc1F. The molecule has 1 heterocycles. The Kier molecular flexibility index (Phi) is 6.03. The summed E-state index contributed by atoms with van der Waals surface area (Å²) in [6, 6.07) is 5.19. The second-order valence-electron chi connectivity index (χ2n) is 7.02. The number of amides is 1. The zero-order valence-electron chi connectivity index (χ0n) is 14.9. The molecular formula is C21H27FN2O. The molecule has 1 aromatic carbocycles. The van der Waals surface area contributed by atoms with E-state index in [1.54, 1.807) is 19.1 Å². The van der Waals surface area contributed by atoms with Crippen LogP contribution in [0.3, 0.4) is 0 Å². The van der Waals surface area contributed by atoms with Crippen molar-refractivity contribution in [3.63, 3.8) is 0 Å². The molecule has 1 aromatic rings. The van der Waals surface area contributed by atoms with Crippen LogP contribution in [0.15, 0.2) is 42.0 Å². The van der Waals surface area contributed by atoms with E-state index >= 15 is 0 Å². The van der Waals surface area contributed by atoms with Gasteiger partial charge < -0.3 is 5.32 Å². The van der Waals surface area contributed by atoms with Gasteiger partial charge in [0.05, 0.1) is 0 Å². The number of hydrogen-bond acceptors (Lipinski definition) is 2. The van der Waals surface area contributed by atoms with Crippen LogP contribution in [0.5, 0.6) is 0 Å². The van der Waals surface area contributed by atoms with E-state index < -0.39 is 0 Å². The van der Waals surface area contributed by atoms with Crippen LogP contribution in [-0.2, 0) is 0 Å². The number of carbonyl (C=O) groups is 1. The summed E-state index contributed by atoms with van der Waals surface area (Å²) in [5, 5.41) is 2.91. The maximum absolute atomic E-state index is 13.6. The zero-order chi connectivity index (χ0) is 17.6. The van der Waals surface area contributed by atoms with Crippen LogP contribution in [0, 0.1) is 12.7 Å². The lowest BCUT2D eigenvalue weighted by atomic mass is 9.98. The molecule has 134 valence electrons. The van der Waals surface area contributed by atoms with E-state index in [-0.39, 0.29) is 11.7 Å². The summed E-state index contributed by atoms with van der Waals surface area (Å²) in [7, 11) is 0. The van der Waals surface area contributed by atoms with Crippen LogP contribution in [0.2, 0.25) is 0 Å². The largest absolute Gasteiger partial charge is 0.352 e. The minimum absolute atomic E-state index is 0.206. The molecule has 0 fully saturated rings. The van der Waals surface area contributed by atoms with Gasteiger partial charge >= 0.3 is 0 Å². The highest BCUT2D eigenvalue weighted by atomic mass is 19.1. The fourth-order valence-electron chi connectivity index (χ4n) is 3.57. The summed E-state index contributed by atoms with van der Waals surface area (Å²) in [5.74, 6) is -0.541. The van der Waals surface area contributed by atoms with E-state index in [9.17, 15) is 9.18 Å². The second-order valence-corrected chi connectivity index (χ2v) is 7.02. The van der Waals surface area contributed by atoms with Crippen molar-refractivity contribution in [3.05, 3.63) is 58.9 Å². The zero-order valence-corrected chi connectivity index (χ0v) is 14.9. The van der Waals surface area contributed by atoms with Gasteiger partial charge in [0.1, 0.15) is 5.82 Å². The van der Waals surface area contributed by atoms with Gasteiger partial charge in [-0.15, -0.1) is 0 Å². The topological polar surface area (TPSA) is 32.3 Å². The molecule has 3 nitrogen and oxygen atoms in total. The third-order valence-corrected chi connectivity index (χ3v) is 5.12. The van der Waals surface area contributed by atoms with Crippen molar-refractivity contribution < 1.29 is 9.18 Å². The highest BCUT2D eigenvalue weighted by Gasteiger charge is 2.20. The van der Waals surface area contributed by atoms with Crippen LogP contribution in [0.25, 0.3) is 0 Å². The summed E-state index contributed by atoms with van der Waals surface area (Å²) in [4.78, 5) is 14.7. The Morgan fingerprint density at radius 1 is 1.36 bits per heavy atom. The number of benzene rings is 1. The van der Waals surface area contributed by atoms with Gasteiger partial charge in [0.15, 0.2) is 0 Å². The Morgan fingerprint density at radius 3 is 3.00 bits per heavy atom. The van der Waals surface area contributed by atoms with Gasteiger partial charge in [0.2, 0.25) is 0 Å². The Bertz CT molecular complexity index is 680. The van der Waals surface area contributed by atoms with Gasteiger partial charge in [0, 0.05) is 31.2 Å². The fraction of sp³-hybridized carbons (Fsp3) is 0.476. The molecule has 0 saturated carbocycles. The van der Waals surface area contributed by atoms with E-state index in [0.717, 1.165) is 25.9 Å². The Morgan fingerprint density at radius 2 is 2.24 bits per heavy atom. The molecular weight excluding hydrogens is 315 g/mol. The first-order valence-electron chi connectivity index (χ1n) is 9.26. The summed E-state index contributed by atoms with van der Waals surface area (Å²) in [6.45, 7) is 4.39. The lowest BCUT2D eigenvalue weighted by molar-refractivity contribution is 0.0953. The van der Waals surface area contributed by atoms with Crippen molar-refractivity contribution in [1.29, 1.82) is 0 Å². The van der Waals surface area contributed by atoms with E-state index in [1.807, 2.05) is 0 Å². The average Bonchev–Trinajstić information content (AvgIpc) is 2.65. The molecule has 0 spiro atoms. The highest BCUT2D eigenvalue weighted by molar-refractivity contribution is 5.94. The van der Waals surface area contributed by atoms with Gasteiger partial charge in [-0.2, -0.15) is 0 Å². The van der Waals surface area contributed by atoms with Crippen molar-refractivity contribution in [2.75, 3.05) is 19.6 Å². The molecule has 0 unspecified atom stereocenters. The fourth-order valence-corrected chi connectivity index (χ4v) is 3.57. The number of rotatable bonds is 5. The van der Waals surface area contributed by atoms with E-state index in [0.29, 0.717) is 23.7 Å². The summed E-state index contributed by atoms with van der Waals surface area (Å²) in [6.07, 6.45) is 12.6. The van der Waals surface area contributed by atoms with Gasteiger partial charge in [-0.1, -0.05) is 29.9 Å². The van der Waals surface area contributed by atoms with Crippen molar-refractivity contribution in [3.8, 4) is 0 Å². The quantitative estimate of drug-likeness (QED) is 0.821. The van der Waals surface area contributed by atoms with Gasteiger partial charge in [-0.25, -0.2) is 4.39 Å². The Hall–Kier alpha value is -1.94. The molecule has 0 bridgehead atoms. The third kappa shape index (κ3) is 4.79. The maximum Gasteiger partial charge on any atom is 0.251 e. The standard InChI is InChI=1S/C21H27FN2O/c1-16-9-10-18(14-20(16)22)21(25)23-12-11-17-6-5-13-24(15-17)19-7-3-2-4-8-19/h3,6-7,9-10,14,19H,2,4-5,8,11-13,15H2,1H3,(H,23,25)/t19-/m1/s1. The number of carbonyl (C=O) groups excluding carboxylic acids is 1. The van der Waals surface area contributed by atoms with Crippen LogP contribution < -0.4 is 5.32 Å². The number of nitrogens with zero attached hydrogens (tertiary/aromatic N) is 1. The monoisotopic (exact) mass is 342 g/mol. The Labute approximate surface area is 149 Å².